The van der Waals surface area contributed by atoms with Crippen LogP contribution in [0.2, 0.25) is 0 Å². The van der Waals surface area contributed by atoms with E-state index in [1.807, 2.05) is 0 Å². The van der Waals surface area contributed by atoms with Crippen LogP contribution < -0.4 is 5.32 Å². The van der Waals surface area contributed by atoms with Gasteiger partial charge in [0.2, 0.25) is 0 Å². The van der Waals surface area contributed by atoms with E-state index in [0.717, 1.165) is 12.0 Å². The van der Waals surface area contributed by atoms with Crippen LogP contribution in [0.15, 0.2) is 40.4 Å². The number of fused-ring (bicyclic) bond motifs is 2. The Morgan fingerprint density at radius 2 is 1.64 bits per heavy atom. The van der Waals surface area contributed by atoms with Gasteiger partial charge in [-0.2, -0.15) is 8.42 Å². The molecular formula is C22H18N2O11S. The molecule has 0 aromatic heterocycles. The number of benzene rings is 2. The summed E-state index contributed by atoms with van der Waals surface area (Å²) in [4.78, 5) is 51.4. The lowest BCUT2D eigenvalue weighted by atomic mass is 9.82. The summed E-state index contributed by atoms with van der Waals surface area (Å²) in [6.07, 6.45) is 0. The van der Waals surface area contributed by atoms with E-state index < -0.39 is 79.1 Å². The molecule has 0 radical (unpaired) electrons. The van der Waals surface area contributed by atoms with Crippen molar-refractivity contribution >= 4 is 39.2 Å². The average Bonchev–Trinajstić information content (AvgIpc) is 3.13. The van der Waals surface area contributed by atoms with Crippen LogP contribution in [0.4, 0.5) is 5.69 Å². The fraction of sp³-hybridized carbons (Fsp3) is 0.182. The Balaban J connectivity index is 2.04. The third-order valence-corrected chi connectivity index (χ3v) is 6.64. The number of esters is 1. The first-order chi connectivity index (χ1) is 16.9. The zero-order valence-electron chi connectivity index (χ0n) is 18.4. The highest BCUT2D eigenvalue weighted by atomic mass is 32.2. The molecule has 2 aliphatic rings. The van der Waals surface area contributed by atoms with Crippen LogP contribution in [0.1, 0.15) is 31.8 Å². The zero-order chi connectivity index (χ0) is 26.5. The lowest BCUT2D eigenvalue weighted by Crippen LogP contribution is -2.31. The second-order valence-corrected chi connectivity index (χ2v) is 9.11. The van der Waals surface area contributed by atoms with Crippen molar-refractivity contribution in [2.45, 2.75) is 4.90 Å². The van der Waals surface area contributed by atoms with Crippen LogP contribution in [0.3, 0.4) is 0 Å². The molecule has 0 bridgehead atoms. The van der Waals surface area contributed by atoms with Crippen molar-refractivity contribution in [3.63, 3.8) is 0 Å². The van der Waals surface area contributed by atoms with E-state index in [9.17, 15) is 47.5 Å². The van der Waals surface area contributed by atoms with E-state index in [2.05, 4.69) is 10.1 Å². The summed E-state index contributed by atoms with van der Waals surface area (Å²) in [5, 5.41) is 33.0. The molecule has 5 N–H and O–H groups in total. The van der Waals surface area contributed by atoms with Gasteiger partial charge in [0.1, 0.15) is 5.70 Å². The molecule has 4 rings (SSSR count). The fourth-order valence-electron chi connectivity index (χ4n) is 4.14. The Morgan fingerprint density at radius 1 is 1.06 bits per heavy atom. The Kier molecular flexibility index (Phi) is 6.03. The summed E-state index contributed by atoms with van der Waals surface area (Å²) in [6, 6.07) is 5.42. The van der Waals surface area contributed by atoms with E-state index in [4.69, 9.17) is 0 Å². The number of aliphatic hydroxyl groups is 1. The van der Waals surface area contributed by atoms with Crippen molar-refractivity contribution < 1.29 is 52.2 Å². The molecular weight excluding hydrogens is 500 g/mol. The molecule has 0 saturated carbocycles. The zero-order valence-corrected chi connectivity index (χ0v) is 19.2. The number of hydrogen-bond donors (Lipinski definition) is 5. The molecule has 0 unspecified atom stereocenters. The Hall–Kier alpha value is -4.27. The molecule has 0 saturated heterocycles. The average molecular weight is 518 g/mol. The predicted octanol–water partition coefficient (Wildman–Crippen LogP) is -0.207. The van der Waals surface area contributed by atoms with E-state index in [1.54, 1.807) is 0 Å². The Bertz CT molecular complexity index is 1510. The van der Waals surface area contributed by atoms with Crippen molar-refractivity contribution in [3.05, 3.63) is 57.8 Å². The molecule has 1 aliphatic carbocycles. The van der Waals surface area contributed by atoms with Crippen LogP contribution >= 0.6 is 0 Å². The van der Waals surface area contributed by atoms with Crippen LogP contribution in [-0.2, 0) is 24.4 Å². The van der Waals surface area contributed by atoms with Crippen molar-refractivity contribution in [1.82, 2.24) is 4.90 Å². The summed E-state index contributed by atoms with van der Waals surface area (Å²) in [7, 11) is -4.35. The van der Waals surface area contributed by atoms with Gasteiger partial charge in [-0.1, -0.05) is 24.3 Å². The van der Waals surface area contributed by atoms with Crippen LogP contribution in [0, 0.1) is 0 Å². The minimum absolute atomic E-state index is 0.140. The molecule has 0 atom stereocenters. The molecule has 188 valence electrons. The smallest absolute Gasteiger partial charge is 0.337 e. The summed E-state index contributed by atoms with van der Waals surface area (Å²) < 4.78 is 38.4. The number of amides is 1. The number of β-amino-alcohol motifs (C(OH)–C–C–N with tert-alkyl or cyclic N) is 1. The van der Waals surface area contributed by atoms with E-state index in [-0.39, 0.29) is 29.8 Å². The monoisotopic (exact) mass is 518 g/mol. The SMILES string of the molecule is COC(=O)C1=C(Nc2c(O)c(S(=O)(=O)O)c(O)c3c2C(=O)c2ccccc2C3=O)C(=O)N(CCO)C1. The Morgan fingerprint density at radius 3 is 2.17 bits per heavy atom. The number of aromatic hydroxyl groups is 2. The quantitative estimate of drug-likeness (QED) is 0.124. The number of anilines is 1. The van der Waals surface area contributed by atoms with Gasteiger partial charge in [-0.25, -0.2) is 4.79 Å². The molecule has 0 spiro atoms. The summed E-state index contributed by atoms with van der Waals surface area (Å²) in [6.45, 7) is -1.01. The molecule has 2 aromatic carbocycles. The van der Waals surface area contributed by atoms with Crippen molar-refractivity contribution in [2.75, 3.05) is 32.1 Å². The van der Waals surface area contributed by atoms with Gasteiger partial charge in [0.05, 0.1) is 42.6 Å². The molecule has 2 aromatic rings. The third-order valence-electron chi connectivity index (χ3n) is 5.74. The summed E-state index contributed by atoms with van der Waals surface area (Å²) >= 11 is 0. The van der Waals surface area contributed by atoms with Gasteiger partial charge in [-0.15, -0.1) is 0 Å². The maximum absolute atomic E-state index is 13.4. The first-order valence-electron chi connectivity index (χ1n) is 10.2. The van der Waals surface area contributed by atoms with Gasteiger partial charge in [-0.05, 0) is 0 Å². The predicted molar refractivity (Wildman–Crippen MR) is 119 cm³/mol. The maximum Gasteiger partial charge on any atom is 0.337 e. The molecule has 1 amide bonds. The number of methoxy groups -OCH3 is 1. The van der Waals surface area contributed by atoms with Gasteiger partial charge in [-0.3, -0.25) is 18.9 Å². The second-order valence-electron chi connectivity index (χ2n) is 7.75. The largest absolute Gasteiger partial charge is 0.506 e. The number of carbonyl (C=O) groups excluding carboxylic acids is 4. The highest BCUT2D eigenvalue weighted by Gasteiger charge is 2.42. The molecule has 14 heteroatoms. The van der Waals surface area contributed by atoms with Gasteiger partial charge in [0.25, 0.3) is 5.91 Å². The number of ketones is 2. The molecule has 36 heavy (non-hydrogen) atoms. The Labute approximate surface area is 203 Å². The van der Waals surface area contributed by atoms with E-state index in [1.165, 1.54) is 24.3 Å². The lowest BCUT2D eigenvalue weighted by Gasteiger charge is -2.24. The van der Waals surface area contributed by atoms with Crippen LogP contribution in [0.5, 0.6) is 11.5 Å². The van der Waals surface area contributed by atoms with Crippen LogP contribution in [-0.4, -0.2) is 83.4 Å². The van der Waals surface area contributed by atoms with Crippen LogP contribution in [0.25, 0.3) is 0 Å². The van der Waals surface area contributed by atoms with E-state index >= 15 is 0 Å². The number of rotatable bonds is 6. The normalized spacial score (nSPS) is 15.2. The molecule has 13 nitrogen and oxygen atoms in total. The summed E-state index contributed by atoms with van der Waals surface area (Å²) in [5.41, 5.74) is -3.50. The highest BCUT2D eigenvalue weighted by Crippen LogP contribution is 2.48. The number of ether oxygens (including phenoxy) is 1. The third kappa shape index (κ3) is 3.67. The minimum atomic E-state index is -5.38. The number of nitrogens with one attached hydrogen (secondary N) is 1. The van der Waals surface area contributed by atoms with Gasteiger partial charge in [0.15, 0.2) is 28.0 Å². The lowest BCUT2D eigenvalue weighted by molar-refractivity contribution is -0.136. The van der Waals surface area contributed by atoms with Gasteiger partial charge < -0.3 is 30.3 Å². The maximum atomic E-state index is 13.4. The first-order valence-corrected chi connectivity index (χ1v) is 11.6. The molecule has 1 aliphatic heterocycles. The number of carbonyl (C=O) groups is 4. The molecule has 0 fully saturated rings. The van der Waals surface area contributed by atoms with Gasteiger partial charge in [0, 0.05) is 17.7 Å². The highest BCUT2D eigenvalue weighted by molar-refractivity contribution is 7.86. The van der Waals surface area contributed by atoms with Crippen molar-refractivity contribution in [2.24, 2.45) is 0 Å². The van der Waals surface area contributed by atoms with E-state index in [0.29, 0.717) is 0 Å². The van der Waals surface area contributed by atoms with Gasteiger partial charge >= 0.3 is 16.1 Å². The molecule has 1 heterocycles. The van der Waals surface area contributed by atoms with Crippen molar-refractivity contribution in [3.8, 4) is 11.5 Å². The van der Waals surface area contributed by atoms with Crippen molar-refractivity contribution in [1.29, 1.82) is 0 Å². The standard InChI is InChI=1S/C22H18N2O11S/c1-35-22(31)11-8-24(6-7-25)21(30)14(11)23-15-12-13(18(28)20(19(15)29)36(32,33)34)17(27)10-5-3-2-4-9(10)16(12)26/h2-5,23,25,28-29H,6-8H2,1H3,(H,32,33,34). The minimum Gasteiger partial charge on any atom is -0.506 e. The number of phenols is 2. The number of hydrogen-bond acceptors (Lipinski definition) is 11. The number of nitrogens with zero attached hydrogens (tertiary/aromatic N) is 1. The topological polar surface area (TPSA) is 208 Å². The fourth-order valence-corrected chi connectivity index (χ4v) is 4.83. The summed E-state index contributed by atoms with van der Waals surface area (Å²) in [5.74, 6) is -6.53. The number of aliphatic hydroxyl groups excluding tert-OH is 1. The first kappa shape index (κ1) is 24.8. The second kappa shape index (κ2) is 8.75. The number of phenolic OH excluding ortho intramolecular Hbond substituents is 2.